The zero-order valence-corrected chi connectivity index (χ0v) is 14.0. The molecule has 0 aliphatic heterocycles. The minimum Gasteiger partial charge on any atom is -0.477 e. The molecule has 1 saturated carbocycles. The maximum absolute atomic E-state index is 5.96. The highest BCUT2D eigenvalue weighted by Gasteiger charge is 2.21. The van der Waals surface area contributed by atoms with Crippen molar-refractivity contribution in [2.24, 2.45) is 16.6 Å². The molecule has 1 aliphatic carbocycles. The Bertz CT molecular complexity index is 693. The highest BCUT2D eigenvalue weighted by Crippen LogP contribution is 2.29. The van der Waals surface area contributed by atoms with E-state index >= 15 is 0 Å². The summed E-state index contributed by atoms with van der Waals surface area (Å²) in [5.74, 6) is 1.81. The molecule has 0 unspecified atom stereocenters. The average molecular weight is 324 g/mol. The predicted molar refractivity (Wildman–Crippen MR) is 97.2 cm³/mol. The molecule has 0 atom stereocenters. The number of aromatic nitrogens is 1. The van der Waals surface area contributed by atoms with E-state index in [4.69, 9.17) is 10.5 Å². The van der Waals surface area contributed by atoms with E-state index in [1.807, 2.05) is 24.3 Å². The lowest BCUT2D eigenvalue weighted by molar-refractivity contribution is 0.288. The largest absolute Gasteiger partial charge is 0.477 e. The predicted octanol–water partition coefficient (Wildman–Crippen LogP) is 3.36. The van der Waals surface area contributed by atoms with Gasteiger partial charge in [-0.05, 0) is 48.4 Å². The number of nitrogens with one attached hydrogen (secondary N) is 1. The van der Waals surface area contributed by atoms with Gasteiger partial charge in [0.15, 0.2) is 5.96 Å². The minimum absolute atomic E-state index is 0.400. The summed E-state index contributed by atoms with van der Waals surface area (Å²) in [5, 5.41) is 3.12. The maximum atomic E-state index is 5.96. The smallest absolute Gasteiger partial charge is 0.213 e. The first-order valence-electron chi connectivity index (χ1n) is 8.46. The Morgan fingerprint density at radius 1 is 1.29 bits per heavy atom. The van der Waals surface area contributed by atoms with E-state index in [1.165, 1.54) is 18.4 Å². The molecule has 24 heavy (non-hydrogen) atoms. The standard InChI is InChI=1S/C19H24N4O/c1-2-14-4-3-5-17(10-14)23-19(20)22-12-16-8-9-18(21-11-16)24-13-15-6-7-15/h3-5,8-11,15H,2,6-7,12-13H2,1H3,(H3,20,22,23). The Labute approximate surface area is 143 Å². The fourth-order valence-corrected chi connectivity index (χ4v) is 2.31. The number of rotatable bonds is 7. The van der Waals surface area contributed by atoms with Gasteiger partial charge in [-0.3, -0.25) is 0 Å². The van der Waals surface area contributed by atoms with Crippen LogP contribution < -0.4 is 15.8 Å². The van der Waals surface area contributed by atoms with Crippen molar-refractivity contribution in [2.45, 2.75) is 32.7 Å². The van der Waals surface area contributed by atoms with E-state index in [-0.39, 0.29) is 0 Å². The molecular formula is C19H24N4O. The molecule has 1 aliphatic rings. The van der Waals surface area contributed by atoms with Crippen molar-refractivity contribution in [3.8, 4) is 5.88 Å². The molecule has 2 aromatic rings. The van der Waals surface area contributed by atoms with Gasteiger partial charge in [0, 0.05) is 18.0 Å². The van der Waals surface area contributed by atoms with Crippen molar-refractivity contribution in [3.05, 3.63) is 53.7 Å². The Balaban J connectivity index is 1.51. The monoisotopic (exact) mass is 324 g/mol. The molecule has 3 N–H and O–H groups in total. The van der Waals surface area contributed by atoms with Crippen molar-refractivity contribution in [2.75, 3.05) is 11.9 Å². The summed E-state index contributed by atoms with van der Waals surface area (Å²) in [4.78, 5) is 8.67. The Morgan fingerprint density at radius 3 is 2.88 bits per heavy atom. The van der Waals surface area contributed by atoms with Crippen LogP contribution in [0.4, 0.5) is 5.69 Å². The topological polar surface area (TPSA) is 72.5 Å². The first-order valence-corrected chi connectivity index (χ1v) is 8.46. The van der Waals surface area contributed by atoms with E-state index in [0.29, 0.717) is 18.4 Å². The Morgan fingerprint density at radius 2 is 2.17 bits per heavy atom. The molecule has 0 bridgehead atoms. The van der Waals surface area contributed by atoms with E-state index in [2.05, 4.69) is 34.3 Å². The normalized spacial score (nSPS) is 14.5. The molecule has 3 rings (SSSR count). The molecule has 0 amide bonds. The molecule has 1 heterocycles. The second-order valence-corrected chi connectivity index (χ2v) is 6.14. The van der Waals surface area contributed by atoms with Crippen molar-refractivity contribution in [3.63, 3.8) is 0 Å². The summed E-state index contributed by atoms with van der Waals surface area (Å²) in [5.41, 5.74) is 9.18. The van der Waals surface area contributed by atoms with Crippen LogP contribution in [0.3, 0.4) is 0 Å². The van der Waals surface area contributed by atoms with Crippen LogP contribution in [0, 0.1) is 5.92 Å². The van der Waals surface area contributed by atoms with Crippen molar-refractivity contribution in [1.29, 1.82) is 0 Å². The fraction of sp³-hybridized carbons (Fsp3) is 0.368. The van der Waals surface area contributed by atoms with Crippen molar-refractivity contribution in [1.82, 2.24) is 4.98 Å². The summed E-state index contributed by atoms with van der Waals surface area (Å²) < 4.78 is 5.63. The lowest BCUT2D eigenvalue weighted by Crippen LogP contribution is -2.22. The summed E-state index contributed by atoms with van der Waals surface area (Å²) >= 11 is 0. The molecular weight excluding hydrogens is 300 g/mol. The zero-order valence-electron chi connectivity index (χ0n) is 14.0. The SMILES string of the molecule is CCc1cccc(NC(N)=NCc2ccc(OCC3CC3)nc2)c1. The van der Waals surface area contributed by atoms with E-state index in [0.717, 1.165) is 30.2 Å². The van der Waals surface area contributed by atoms with Crippen LogP contribution in [0.25, 0.3) is 0 Å². The van der Waals surface area contributed by atoms with Crippen LogP contribution in [0.5, 0.6) is 5.88 Å². The van der Waals surface area contributed by atoms with Gasteiger partial charge in [-0.15, -0.1) is 0 Å². The third-order valence-corrected chi connectivity index (χ3v) is 4.00. The number of aliphatic imine (C=N–C) groups is 1. The van der Waals surface area contributed by atoms with Crippen molar-refractivity contribution < 1.29 is 4.74 Å². The number of hydrogen-bond donors (Lipinski definition) is 2. The maximum Gasteiger partial charge on any atom is 0.213 e. The minimum atomic E-state index is 0.400. The van der Waals surface area contributed by atoms with Gasteiger partial charge in [0.25, 0.3) is 0 Å². The van der Waals surface area contributed by atoms with Gasteiger partial charge in [0.1, 0.15) is 0 Å². The third kappa shape index (κ3) is 4.98. The number of aryl methyl sites for hydroxylation is 1. The number of nitrogens with zero attached hydrogens (tertiary/aromatic N) is 2. The fourth-order valence-electron chi connectivity index (χ4n) is 2.31. The molecule has 1 fully saturated rings. The third-order valence-electron chi connectivity index (χ3n) is 4.00. The number of pyridine rings is 1. The zero-order chi connectivity index (χ0) is 16.8. The van der Waals surface area contributed by atoms with Gasteiger partial charge in [-0.25, -0.2) is 9.98 Å². The lowest BCUT2D eigenvalue weighted by atomic mass is 10.1. The quantitative estimate of drug-likeness (QED) is 0.605. The summed E-state index contributed by atoms with van der Waals surface area (Å²) in [6.45, 7) is 3.39. The van der Waals surface area contributed by atoms with Crippen LogP contribution in [-0.2, 0) is 13.0 Å². The van der Waals surface area contributed by atoms with Crippen LogP contribution in [0.1, 0.15) is 30.9 Å². The second-order valence-electron chi connectivity index (χ2n) is 6.14. The number of guanidine groups is 1. The Hall–Kier alpha value is -2.56. The number of ether oxygens (including phenoxy) is 1. The number of nitrogens with two attached hydrogens (primary N) is 1. The molecule has 0 radical (unpaired) electrons. The first kappa shape index (κ1) is 16.3. The highest BCUT2D eigenvalue weighted by atomic mass is 16.5. The van der Waals surface area contributed by atoms with Gasteiger partial charge in [0.05, 0.1) is 13.2 Å². The first-order chi connectivity index (χ1) is 11.7. The molecule has 1 aromatic heterocycles. The van der Waals surface area contributed by atoms with E-state index in [1.54, 1.807) is 6.20 Å². The number of hydrogen-bond acceptors (Lipinski definition) is 3. The average Bonchev–Trinajstić information content (AvgIpc) is 3.44. The molecule has 126 valence electrons. The van der Waals surface area contributed by atoms with E-state index < -0.39 is 0 Å². The van der Waals surface area contributed by atoms with Gasteiger partial charge in [-0.2, -0.15) is 0 Å². The van der Waals surface area contributed by atoms with Crippen LogP contribution in [-0.4, -0.2) is 17.6 Å². The lowest BCUT2D eigenvalue weighted by Gasteiger charge is -2.07. The molecule has 1 aromatic carbocycles. The van der Waals surface area contributed by atoms with Gasteiger partial charge < -0.3 is 15.8 Å². The van der Waals surface area contributed by atoms with Crippen LogP contribution in [0.15, 0.2) is 47.6 Å². The number of benzene rings is 1. The summed E-state index contributed by atoms with van der Waals surface area (Å²) in [6, 6.07) is 12.0. The second kappa shape index (κ2) is 7.81. The molecule has 5 nitrogen and oxygen atoms in total. The van der Waals surface area contributed by atoms with E-state index in [9.17, 15) is 0 Å². The summed E-state index contributed by atoms with van der Waals surface area (Å²) in [6.07, 6.45) is 5.34. The highest BCUT2D eigenvalue weighted by molar-refractivity contribution is 5.92. The summed E-state index contributed by atoms with van der Waals surface area (Å²) in [7, 11) is 0. The molecule has 5 heteroatoms. The van der Waals surface area contributed by atoms with Crippen LogP contribution in [0.2, 0.25) is 0 Å². The molecule has 0 saturated heterocycles. The van der Waals surface area contributed by atoms with Gasteiger partial charge in [0.2, 0.25) is 5.88 Å². The van der Waals surface area contributed by atoms with Gasteiger partial charge in [-0.1, -0.05) is 25.1 Å². The van der Waals surface area contributed by atoms with Crippen molar-refractivity contribution >= 4 is 11.6 Å². The van der Waals surface area contributed by atoms with Crippen LogP contribution >= 0.6 is 0 Å². The molecule has 0 spiro atoms. The Kier molecular flexibility index (Phi) is 5.31. The number of anilines is 1. The van der Waals surface area contributed by atoms with Gasteiger partial charge >= 0.3 is 0 Å².